The van der Waals surface area contributed by atoms with Crippen LogP contribution in [0.25, 0.3) is 5.32 Å². The van der Waals surface area contributed by atoms with E-state index in [-0.39, 0.29) is 32.7 Å². The molecule has 3 nitrogen and oxygen atoms in total. The second kappa shape index (κ2) is 5.01. The number of carboxylic acid groups (broad SMARTS) is 1. The Kier molecular flexibility index (Phi) is 4.23. The Bertz CT molecular complexity index is 341. The predicted molar refractivity (Wildman–Crippen MR) is 48.6 cm³/mol. The quantitative estimate of drug-likeness (QED) is 0.837. The van der Waals surface area contributed by atoms with Gasteiger partial charge in [0.05, 0.1) is 0 Å². The second-order valence-corrected chi connectivity index (χ2v) is 3.17. The summed E-state index contributed by atoms with van der Waals surface area (Å²) in [5.74, 6) is -0.825. The van der Waals surface area contributed by atoms with E-state index in [1.165, 1.54) is 0 Å². The Morgan fingerprint density at radius 3 is 2.64 bits per heavy atom. The van der Waals surface area contributed by atoms with Crippen LogP contribution >= 0.6 is 0 Å². The van der Waals surface area contributed by atoms with E-state index in [0.29, 0.717) is 13.0 Å². The molecule has 0 saturated carbocycles. The molecular formula is C10H10NO2Y+2. The van der Waals surface area contributed by atoms with E-state index in [2.05, 4.69) is 5.32 Å². The van der Waals surface area contributed by atoms with E-state index >= 15 is 0 Å². The van der Waals surface area contributed by atoms with Crippen molar-refractivity contribution >= 4 is 5.97 Å². The third kappa shape index (κ3) is 2.41. The number of benzene rings is 1. The maximum atomic E-state index is 10.7. The first-order valence-corrected chi connectivity index (χ1v) is 4.23. The van der Waals surface area contributed by atoms with Gasteiger partial charge in [0.1, 0.15) is 0 Å². The maximum Gasteiger partial charge on any atom is 3.00 e. The van der Waals surface area contributed by atoms with Crippen LogP contribution in [-0.4, -0.2) is 17.1 Å². The Labute approximate surface area is 108 Å². The standard InChI is InChI=1S/C10H10NO2.Y/c12-10(13)9-5-7-3-1-2-4-8(7)6-11-9;/h1-4,9H,5-6H2,(H,12,13);/q-1;+3. The van der Waals surface area contributed by atoms with Gasteiger partial charge in [-0.3, -0.25) is 4.79 Å². The molecule has 0 amide bonds. The molecule has 1 atom stereocenters. The second-order valence-electron chi connectivity index (χ2n) is 3.17. The monoisotopic (exact) mass is 265 g/mol. The molecule has 14 heavy (non-hydrogen) atoms. The minimum atomic E-state index is -0.825. The van der Waals surface area contributed by atoms with E-state index < -0.39 is 12.0 Å². The van der Waals surface area contributed by atoms with Gasteiger partial charge in [0.25, 0.3) is 5.97 Å². The van der Waals surface area contributed by atoms with E-state index in [9.17, 15) is 4.79 Å². The molecule has 2 rings (SSSR count). The van der Waals surface area contributed by atoms with Crippen LogP contribution < -0.4 is 0 Å². The molecule has 0 radical (unpaired) electrons. The fourth-order valence-corrected chi connectivity index (χ4v) is 1.56. The maximum absolute atomic E-state index is 10.7. The number of fused-ring (bicyclic) bond motifs is 1. The molecule has 1 aromatic carbocycles. The summed E-state index contributed by atoms with van der Waals surface area (Å²) < 4.78 is 0. The summed E-state index contributed by atoms with van der Waals surface area (Å²) in [6.07, 6.45) is 0.533. The molecular weight excluding hydrogens is 255 g/mol. The van der Waals surface area contributed by atoms with E-state index in [0.717, 1.165) is 11.1 Å². The number of nitrogens with zero attached hydrogens (tertiary/aromatic N) is 1. The van der Waals surface area contributed by atoms with Gasteiger partial charge >= 0.3 is 32.7 Å². The molecule has 0 aromatic heterocycles. The predicted octanol–water partition coefficient (Wildman–Crippen LogP) is 1.57. The summed E-state index contributed by atoms with van der Waals surface area (Å²) in [6.45, 7) is 0.535. The van der Waals surface area contributed by atoms with Crippen molar-refractivity contribution in [1.29, 1.82) is 0 Å². The normalized spacial score (nSPS) is 19.3. The Balaban J connectivity index is 0.000000980. The molecule has 4 heteroatoms. The average molecular weight is 265 g/mol. The topological polar surface area (TPSA) is 51.4 Å². The zero-order chi connectivity index (χ0) is 9.26. The van der Waals surface area contributed by atoms with Crippen LogP contribution in [0.3, 0.4) is 0 Å². The van der Waals surface area contributed by atoms with Crippen LogP contribution in [-0.2, 0) is 50.5 Å². The summed E-state index contributed by atoms with van der Waals surface area (Å²) in [4.78, 5) is 10.7. The molecule has 0 spiro atoms. The Morgan fingerprint density at radius 1 is 1.36 bits per heavy atom. The van der Waals surface area contributed by atoms with E-state index in [1.54, 1.807) is 0 Å². The van der Waals surface area contributed by atoms with Gasteiger partial charge in [0.15, 0.2) is 0 Å². The van der Waals surface area contributed by atoms with Crippen molar-refractivity contribution in [3.63, 3.8) is 0 Å². The van der Waals surface area contributed by atoms with Crippen molar-refractivity contribution < 1.29 is 42.6 Å². The first-order chi connectivity index (χ1) is 6.27. The number of hydrogen-bond donors (Lipinski definition) is 1. The largest absolute Gasteiger partial charge is 3.00 e. The van der Waals surface area contributed by atoms with Crippen molar-refractivity contribution in [2.75, 3.05) is 0 Å². The minimum absolute atomic E-state index is 0. The van der Waals surface area contributed by atoms with Crippen LogP contribution in [0.2, 0.25) is 0 Å². The fourth-order valence-electron chi connectivity index (χ4n) is 1.56. The Hall–Kier alpha value is -0.246. The minimum Gasteiger partial charge on any atom is -0.646 e. The summed E-state index contributed by atoms with van der Waals surface area (Å²) in [6, 6.07) is 7.31. The molecule has 1 unspecified atom stereocenters. The van der Waals surface area contributed by atoms with E-state index in [1.807, 2.05) is 24.3 Å². The summed E-state index contributed by atoms with van der Waals surface area (Å²) in [5, 5.41) is 12.8. The first-order valence-electron chi connectivity index (χ1n) is 4.23. The number of hydrogen-bond acceptors (Lipinski definition) is 1. The van der Waals surface area contributed by atoms with Crippen molar-refractivity contribution in [3.05, 3.63) is 40.7 Å². The molecule has 1 N–H and O–H groups in total. The summed E-state index contributed by atoms with van der Waals surface area (Å²) >= 11 is 0. The molecule has 1 heterocycles. The van der Waals surface area contributed by atoms with Crippen molar-refractivity contribution in [1.82, 2.24) is 0 Å². The first kappa shape index (κ1) is 11.8. The van der Waals surface area contributed by atoms with Gasteiger partial charge < -0.3 is 10.4 Å². The van der Waals surface area contributed by atoms with Gasteiger partial charge in [-0.15, -0.1) is 6.54 Å². The Morgan fingerprint density at radius 2 is 2.00 bits per heavy atom. The van der Waals surface area contributed by atoms with Gasteiger partial charge in [0, 0.05) is 0 Å². The van der Waals surface area contributed by atoms with Crippen LogP contribution in [0.1, 0.15) is 11.1 Å². The van der Waals surface area contributed by atoms with Crippen LogP contribution in [0.4, 0.5) is 0 Å². The SMILES string of the molecule is O=C(O)C1Cc2ccccc2C[N-]1.[Y+3]. The van der Waals surface area contributed by atoms with Gasteiger partial charge in [-0.2, -0.15) is 0 Å². The van der Waals surface area contributed by atoms with Crippen molar-refractivity contribution in [2.24, 2.45) is 0 Å². The summed E-state index contributed by atoms with van der Waals surface area (Å²) in [7, 11) is 0. The molecule has 0 bridgehead atoms. The molecule has 0 fully saturated rings. The smallest absolute Gasteiger partial charge is 0.646 e. The number of aliphatic carboxylic acids is 1. The number of carbonyl (C=O) groups is 1. The third-order valence-corrected chi connectivity index (χ3v) is 2.30. The average Bonchev–Trinajstić information content (AvgIpc) is 2.17. The number of carboxylic acids is 1. The van der Waals surface area contributed by atoms with Crippen LogP contribution in [0.15, 0.2) is 24.3 Å². The molecule has 0 aliphatic carbocycles. The molecule has 68 valence electrons. The van der Waals surface area contributed by atoms with Gasteiger partial charge in [-0.1, -0.05) is 29.8 Å². The van der Waals surface area contributed by atoms with E-state index in [4.69, 9.17) is 5.11 Å². The van der Waals surface area contributed by atoms with Crippen molar-refractivity contribution in [2.45, 2.75) is 19.0 Å². The summed E-state index contributed by atoms with van der Waals surface area (Å²) in [5.41, 5.74) is 2.27. The number of rotatable bonds is 1. The van der Waals surface area contributed by atoms with Crippen LogP contribution in [0, 0.1) is 0 Å². The van der Waals surface area contributed by atoms with Gasteiger partial charge in [0.2, 0.25) is 0 Å². The molecule has 1 aromatic rings. The fraction of sp³-hybridized carbons (Fsp3) is 0.300. The zero-order valence-electron chi connectivity index (χ0n) is 7.68. The third-order valence-electron chi connectivity index (χ3n) is 2.30. The molecule has 0 saturated heterocycles. The van der Waals surface area contributed by atoms with Gasteiger partial charge in [-0.25, -0.2) is 0 Å². The molecule has 1 aliphatic rings. The van der Waals surface area contributed by atoms with Crippen LogP contribution in [0.5, 0.6) is 0 Å². The molecule has 1 aliphatic heterocycles. The van der Waals surface area contributed by atoms with Gasteiger partial charge in [-0.05, 0) is 18.0 Å². The van der Waals surface area contributed by atoms with Crippen molar-refractivity contribution in [3.8, 4) is 0 Å². The zero-order valence-corrected chi connectivity index (χ0v) is 10.5.